The van der Waals surface area contributed by atoms with Gasteiger partial charge in [-0.25, -0.2) is 4.98 Å². The highest BCUT2D eigenvalue weighted by atomic mass is 32.1. The summed E-state index contributed by atoms with van der Waals surface area (Å²) in [5.41, 5.74) is 1.10. The Morgan fingerprint density at radius 3 is 2.64 bits per heavy atom. The van der Waals surface area contributed by atoms with E-state index in [2.05, 4.69) is 28.4 Å². The van der Waals surface area contributed by atoms with E-state index in [1.165, 1.54) is 24.0 Å². The molecule has 1 aromatic heterocycles. The monoisotopic (exact) mass is 357 g/mol. The van der Waals surface area contributed by atoms with Gasteiger partial charge in [-0.2, -0.15) is 0 Å². The molecule has 1 amide bonds. The van der Waals surface area contributed by atoms with Crippen LogP contribution in [0.3, 0.4) is 0 Å². The molecule has 4 nitrogen and oxygen atoms in total. The number of anilines is 1. The van der Waals surface area contributed by atoms with Gasteiger partial charge in [0.05, 0.1) is 10.2 Å². The van der Waals surface area contributed by atoms with Crippen molar-refractivity contribution in [3.63, 3.8) is 0 Å². The molecule has 5 heteroatoms. The van der Waals surface area contributed by atoms with Gasteiger partial charge in [-0.15, -0.1) is 0 Å². The molecule has 1 aromatic carbocycles. The quantitative estimate of drug-likeness (QED) is 0.891. The van der Waals surface area contributed by atoms with Crippen molar-refractivity contribution in [2.24, 2.45) is 11.8 Å². The predicted molar refractivity (Wildman–Crippen MR) is 104 cm³/mol. The van der Waals surface area contributed by atoms with Crippen LogP contribution < -0.4 is 10.2 Å². The van der Waals surface area contributed by atoms with Crippen LogP contribution in [0.5, 0.6) is 0 Å². The Bertz CT molecular complexity index is 682. The first kappa shape index (κ1) is 16.8. The number of thiazole rings is 1. The molecule has 0 radical (unpaired) electrons. The normalized spacial score (nSPS) is 20.1. The molecule has 0 atom stereocenters. The SMILES string of the molecule is O=C(NCC1CCN(c2nc3ccccc3s2)CC1)C1CCCCC1. The van der Waals surface area contributed by atoms with Crippen LogP contribution in [-0.4, -0.2) is 30.5 Å². The Labute approximate surface area is 153 Å². The number of para-hydroxylation sites is 1. The summed E-state index contributed by atoms with van der Waals surface area (Å²) in [6, 6.07) is 8.35. The first-order chi connectivity index (χ1) is 12.3. The number of hydrogen-bond acceptors (Lipinski definition) is 4. The number of aromatic nitrogens is 1. The van der Waals surface area contributed by atoms with Gasteiger partial charge in [0, 0.05) is 25.6 Å². The van der Waals surface area contributed by atoms with Crippen LogP contribution in [0.4, 0.5) is 5.13 Å². The lowest BCUT2D eigenvalue weighted by Crippen LogP contribution is -2.40. The molecule has 134 valence electrons. The Morgan fingerprint density at radius 2 is 1.88 bits per heavy atom. The topological polar surface area (TPSA) is 45.2 Å². The maximum atomic E-state index is 12.3. The second-order valence-corrected chi connectivity index (χ2v) is 8.48. The fraction of sp³-hybridized carbons (Fsp3) is 0.600. The predicted octanol–water partition coefficient (Wildman–Crippen LogP) is 4.21. The minimum atomic E-state index is 0.275. The fourth-order valence-electron chi connectivity index (χ4n) is 4.08. The molecule has 1 saturated heterocycles. The second kappa shape index (κ2) is 7.73. The van der Waals surface area contributed by atoms with Crippen molar-refractivity contribution in [2.75, 3.05) is 24.5 Å². The summed E-state index contributed by atoms with van der Waals surface area (Å²) >= 11 is 1.79. The van der Waals surface area contributed by atoms with Gasteiger partial charge in [0.1, 0.15) is 0 Å². The van der Waals surface area contributed by atoms with Crippen molar-refractivity contribution in [3.05, 3.63) is 24.3 Å². The van der Waals surface area contributed by atoms with Crippen molar-refractivity contribution in [3.8, 4) is 0 Å². The molecule has 0 unspecified atom stereocenters. The highest BCUT2D eigenvalue weighted by Gasteiger charge is 2.24. The number of amides is 1. The summed E-state index contributed by atoms with van der Waals surface area (Å²) in [7, 11) is 0. The van der Waals surface area contributed by atoms with E-state index in [9.17, 15) is 4.79 Å². The minimum absolute atomic E-state index is 0.275. The summed E-state index contributed by atoms with van der Waals surface area (Å²) in [4.78, 5) is 19.5. The average Bonchev–Trinajstić information content (AvgIpc) is 3.11. The zero-order chi connectivity index (χ0) is 17.1. The summed E-state index contributed by atoms with van der Waals surface area (Å²) in [6.45, 7) is 2.94. The van der Waals surface area contributed by atoms with E-state index in [4.69, 9.17) is 4.98 Å². The average molecular weight is 358 g/mol. The Kier molecular flexibility index (Phi) is 5.20. The standard InChI is InChI=1S/C20H27N3OS/c24-19(16-6-2-1-3-7-16)21-14-15-10-12-23(13-11-15)20-22-17-8-4-5-9-18(17)25-20/h4-5,8-9,15-16H,1-3,6-7,10-14H2,(H,21,24). The van der Waals surface area contributed by atoms with Crippen molar-refractivity contribution >= 4 is 32.6 Å². The van der Waals surface area contributed by atoms with E-state index in [1.54, 1.807) is 11.3 Å². The van der Waals surface area contributed by atoms with Gasteiger partial charge < -0.3 is 10.2 Å². The van der Waals surface area contributed by atoms with Crippen LogP contribution in [0.15, 0.2) is 24.3 Å². The van der Waals surface area contributed by atoms with Gasteiger partial charge in [-0.05, 0) is 43.7 Å². The molecule has 2 aromatic rings. The number of nitrogens with one attached hydrogen (secondary N) is 1. The maximum absolute atomic E-state index is 12.3. The van der Waals surface area contributed by atoms with Crippen molar-refractivity contribution in [1.82, 2.24) is 10.3 Å². The van der Waals surface area contributed by atoms with Crippen LogP contribution in [-0.2, 0) is 4.79 Å². The molecule has 4 rings (SSSR count). The Hall–Kier alpha value is -1.62. The van der Waals surface area contributed by atoms with Gasteiger partial charge in [0.15, 0.2) is 5.13 Å². The molecule has 0 bridgehead atoms. The number of nitrogens with zero attached hydrogens (tertiary/aromatic N) is 2. The molecule has 0 spiro atoms. The molecule has 2 aliphatic rings. The summed E-state index contributed by atoms with van der Waals surface area (Å²) in [5.74, 6) is 1.18. The van der Waals surface area contributed by atoms with Crippen LogP contribution in [0, 0.1) is 11.8 Å². The van der Waals surface area contributed by atoms with Crippen molar-refractivity contribution in [1.29, 1.82) is 0 Å². The van der Waals surface area contributed by atoms with E-state index in [-0.39, 0.29) is 5.92 Å². The first-order valence-corrected chi connectivity index (χ1v) is 10.5. The third-order valence-electron chi connectivity index (χ3n) is 5.71. The fourth-order valence-corrected chi connectivity index (χ4v) is 5.09. The molecule has 1 aliphatic heterocycles. The van der Waals surface area contributed by atoms with Gasteiger partial charge in [0.25, 0.3) is 0 Å². The van der Waals surface area contributed by atoms with E-state index >= 15 is 0 Å². The lowest BCUT2D eigenvalue weighted by atomic mass is 9.88. The number of carbonyl (C=O) groups excluding carboxylic acids is 1. The molecule has 1 N–H and O–H groups in total. The summed E-state index contributed by atoms with van der Waals surface area (Å²) in [6.07, 6.45) is 8.19. The molecule has 1 aliphatic carbocycles. The second-order valence-electron chi connectivity index (χ2n) is 7.47. The zero-order valence-electron chi connectivity index (χ0n) is 14.7. The largest absolute Gasteiger partial charge is 0.356 e. The highest BCUT2D eigenvalue weighted by molar-refractivity contribution is 7.22. The van der Waals surface area contributed by atoms with Crippen molar-refractivity contribution in [2.45, 2.75) is 44.9 Å². The van der Waals surface area contributed by atoms with E-state index in [0.717, 1.165) is 56.0 Å². The molecule has 2 fully saturated rings. The third-order valence-corrected chi connectivity index (χ3v) is 6.81. The molecular formula is C20H27N3OS. The minimum Gasteiger partial charge on any atom is -0.356 e. The maximum Gasteiger partial charge on any atom is 0.223 e. The zero-order valence-corrected chi connectivity index (χ0v) is 15.6. The summed E-state index contributed by atoms with van der Waals surface area (Å²) in [5, 5.41) is 4.37. The lowest BCUT2D eigenvalue weighted by molar-refractivity contribution is -0.126. The highest BCUT2D eigenvalue weighted by Crippen LogP contribution is 2.31. The van der Waals surface area contributed by atoms with E-state index in [0.29, 0.717) is 11.8 Å². The number of rotatable bonds is 4. The van der Waals surface area contributed by atoms with Crippen LogP contribution in [0.1, 0.15) is 44.9 Å². The number of hydrogen-bond donors (Lipinski definition) is 1. The lowest BCUT2D eigenvalue weighted by Gasteiger charge is -2.32. The van der Waals surface area contributed by atoms with E-state index < -0.39 is 0 Å². The number of piperidine rings is 1. The van der Waals surface area contributed by atoms with Crippen molar-refractivity contribution < 1.29 is 4.79 Å². The smallest absolute Gasteiger partial charge is 0.223 e. The van der Waals surface area contributed by atoms with Crippen LogP contribution in [0.25, 0.3) is 10.2 Å². The van der Waals surface area contributed by atoms with Gasteiger partial charge in [-0.1, -0.05) is 42.7 Å². The van der Waals surface area contributed by atoms with Crippen LogP contribution in [0.2, 0.25) is 0 Å². The summed E-state index contributed by atoms with van der Waals surface area (Å²) < 4.78 is 1.26. The Balaban J connectivity index is 1.26. The molecule has 2 heterocycles. The van der Waals surface area contributed by atoms with Crippen LogP contribution >= 0.6 is 11.3 Å². The number of benzene rings is 1. The number of fused-ring (bicyclic) bond motifs is 1. The van der Waals surface area contributed by atoms with Gasteiger partial charge in [-0.3, -0.25) is 4.79 Å². The molecule has 25 heavy (non-hydrogen) atoms. The molecule has 1 saturated carbocycles. The number of carbonyl (C=O) groups is 1. The molecular weight excluding hydrogens is 330 g/mol. The van der Waals surface area contributed by atoms with Gasteiger partial charge >= 0.3 is 0 Å². The Morgan fingerprint density at radius 1 is 1.12 bits per heavy atom. The first-order valence-electron chi connectivity index (χ1n) is 9.68. The third kappa shape index (κ3) is 3.97. The van der Waals surface area contributed by atoms with Gasteiger partial charge in [0.2, 0.25) is 5.91 Å². The van der Waals surface area contributed by atoms with E-state index in [1.807, 2.05) is 6.07 Å².